The first kappa shape index (κ1) is 16.8. The molecule has 23 heavy (non-hydrogen) atoms. The molecule has 122 valence electrons. The maximum atomic E-state index is 12.3. The highest BCUT2D eigenvalue weighted by Gasteiger charge is 2.21. The van der Waals surface area contributed by atoms with Crippen LogP contribution >= 0.6 is 0 Å². The Bertz CT molecular complexity index is 806. The molecule has 0 spiro atoms. The van der Waals surface area contributed by atoms with Gasteiger partial charge in [-0.2, -0.15) is 0 Å². The number of hydrogen-bond acceptors (Lipinski definition) is 5. The second-order valence-electron chi connectivity index (χ2n) is 4.83. The van der Waals surface area contributed by atoms with Gasteiger partial charge >= 0.3 is 6.03 Å². The number of nitrogens with zero attached hydrogens (tertiary/aromatic N) is 1. The molecule has 1 aromatic carbocycles. The first-order valence-corrected chi connectivity index (χ1v) is 8.49. The van der Waals surface area contributed by atoms with Gasteiger partial charge < -0.3 is 10.6 Å². The summed E-state index contributed by atoms with van der Waals surface area (Å²) in [6.45, 7) is 3.95. The summed E-state index contributed by atoms with van der Waals surface area (Å²) in [5, 5.41) is 5.41. The monoisotopic (exact) mass is 334 g/mol. The third-order valence-electron chi connectivity index (χ3n) is 2.94. The average molecular weight is 334 g/mol. The molecule has 1 heterocycles. The Morgan fingerprint density at radius 3 is 2.74 bits per heavy atom. The lowest BCUT2D eigenvalue weighted by molar-refractivity contribution is 0.246. The van der Waals surface area contributed by atoms with Crippen LogP contribution in [0, 0.1) is 6.92 Å². The van der Waals surface area contributed by atoms with Crippen LogP contribution in [0.2, 0.25) is 0 Å². The van der Waals surface area contributed by atoms with E-state index in [2.05, 4.69) is 15.6 Å². The molecular weight excluding hydrogens is 316 g/mol. The molecule has 0 saturated carbocycles. The SMILES string of the molecule is CCNC(=O)NS(=O)(=O)c1cnccc1Nc1cccc(C)c1. The number of urea groups is 1. The topological polar surface area (TPSA) is 100 Å². The van der Waals surface area contributed by atoms with E-state index in [0.717, 1.165) is 11.3 Å². The Hall–Kier alpha value is -2.61. The van der Waals surface area contributed by atoms with E-state index in [4.69, 9.17) is 0 Å². The number of rotatable bonds is 5. The number of benzene rings is 1. The molecule has 0 unspecified atom stereocenters. The molecule has 7 nitrogen and oxygen atoms in total. The van der Waals surface area contributed by atoms with Gasteiger partial charge in [0.15, 0.2) is 0 Å². The van der Waals surface area contributed by atoms with Crippen molar-refractivity contribution in [3.8, 4) is 0 Å². The number of aryl methyl sites for hydroxylation is 1. The van der Waals surface area contributed by atoms with Crippen molar-refractivity contribution in [2.75, 3.05) is 11.9 Å². The van der Waals surface area contributed by atoms with E-state index in [1.54, 1.807) is 6.92 Å². The highest BCUT2D eigenvalue weighted by atomic mass is 32.2. The number of carbonyl (C=O) groups excluding carboxylic acids is 1. The highest BCUT2D eigenvalue weighted by molar-refractivity contribution is 7.90. The number of anilines is 2. The molecule has 0 bridgehead atoms. The highest BCUT2D eigenvalue weighted by Crippen LogP contribution is 2.24. The van der Waals surface area contributed by atoms with E-state index in [-0.39, 0.29) is 4.90 Å². The summed E-state index contributed by atoms with van der Waals surface area (Å²) in [4.78, 5) is 15.2. The van der Waals surface area contributed by atoms with Crippen molar-refractivity contribution in [1.82, 2.24) is 15.0 Å². The van der Waals surface area contributed by atoms with Crippen molar-refractivity contribution in [2.24, 2.45) is 0 Å². The van der Waals surface area contributed by atoms with Gasteiger partial charge in [-0.05, 0) is 37.6 Å². The molecular formula is C15H18N4O3S. The predicted octanol–water partition coefficient (Wildman–Crippen LogP) is 2.14. The minimum atomic E-state index is -4.03. The van der Waals surface area contributed by atoms with Gasteiger partial charge in [0, 0.05) is 24.6 Å². The van der Waals surface area contributed by atoms with Crippen molar-refractivity contribution in [3.63, 3.8) is 0 Å². The Kier molecular flexibility index (Phi) is 5.17. The van der Waals surface area contributed by atoms with Gasteiger partial charge in [-0.15, -0.1) is 0 Å². The van der Waals surface area contributed by atoms with E-state index in [0.29, 0.717) is 12.2 Å². The molecule has 3 N–H and O–H groups in total. The molecule has 0 radical (unpaired) electrons. The molecule has 0 aliphatic heterocycles. The zero-order valence-corrected chi connectivity index (χ0v) is 13.6. The quantitative estimate of drug-likeness (QED) is 0.778. The van der Waals surface area contributed by atoms with Crippen molar-refractivity contribution in [1.29, 1.82) is 0 Å². The summed E-state index contributed by atoms with van der Waals surface area (Å²) in [5.74, 6) is 0. The van der Waals surface area contributed by atoms with Crippen LogP contribution in [0.1, 0.15) is 12.5 Å². The van der Waals surface area contributed by atoms with Crippen LogP contribution in [0.15, 0.2) is 47.6 Å². The molecule has 2 rings (SSSR count). The fraction of sp³-hybridized carbons (Fsp3) is 0.200. The first-order chi connectivity index (χ1) is 10.9. The molecule has 8 heteroatoms. The maximum Gasteiger partial charge on any atom is 0.328 e. The summed E-state index contributed by atoms with van der Waals surface area (Å²) in [6, 6.07) is 8.26. The van der Waals surface area contributed by atoms with Gasteiger partial charge in [-0.1, -0.05) is 12.1 Å². The summed E-state index contributed by atoms with van der Waals surface area (Å²) in [6.07, 6.45) is 2.67. The Labute approximate surface area is 135 Å². The Morgan fingerprint density at radius 1 is 1.26 bits per heavy atom. The lowest BCUT2D eigenvalue weighted by Gasteiger charge is -2.13. The van der Waals surface area contributed by atoms with Gasteiger partial charge in [-0.25, -0.2) is 17.9 Å². The van der Waals surface area contributed by atoms with Crippen LogP contribution < -0.4 is 15.4 Å². The lowest BCUT2D eigenvalue weighted by atomic mass is 10.2. The van der Waals surface area contributed by atoms with E-state index < -0.39 is 16.1 Å². The van der Waals surface area contributed by atoms with Gasteiger partial charge in [-0.3, -0.25) is 4.98 Å². The van der Waals surface area contributed by atoms with E-state index >= 15 is 0 Å². The van der Waals surface area contributed by atoms with Crippen LogP contribution in [-0.4, -0.2) is 26.0 Å². The standard InChI is InChI=1S/C15H18N4O3S/c1-3-17-15(20)19-23(21,22)14-10-16-8-7-13(14)18-12-6-4-5-11(2)9-12/h4-10H,3H2,1-2H3,(H,16,18)(H2,17,19,20). The Morgan fingerprint density at radius 2 is 2.04 bits per heavy atom. The second-order valence-corrected chi connectivity index (χ2v) is 6.48. The van der Waals surface area contributed by atoms with Crippen LogP contribution in [0.25, 0.3) is 0 Å². The summed E-state index contributed by atoms with van der Waals surface area (Å²) in [7, 11) is -4.03. The van der Waals surface area contributed by atoms with E-state index in [9.17, 15) is 13.2 Å². The lowest BCUT2D eigenvalue weighted by Crippen LogP contribution is -2.39. The Balaban J connectivity index is 2.31. The van der Waals surface area contributed by atoms with Crippen molar-refractivity contribution in [3.05, 3.63) is 48.3 Å². The average Bonchev–Trinajstić information content (AvgIpc) is 2.47. The number of sulfonamides is 1. The summed E-state index contributed by atoms with van der Waals surface area (Å²) >= 11 is 0. The predicted molar refractivity (Wildman–Crippen MR) is 88.1 cm³/mol. The third kappa shape index (κ3) is 4.43. The van der Waals surface area contributed by atoms with Crippen molar-refractivity contribution >= 4 is 27.4 Å². The smallest absolute Gasteiger partial charge is 0.328 e. The zero-order chi connectivity index (χ0) is 16.9. The second kappa shape index (κ2) is 7.10. The van der Waals surface area contributed by atoms with E-state index in [1.165, 1.54) is 18.5 Å². The molecule has 0 fully saturated rings. The first-order valence-electron chi connectivity index (χ1n) is 7.00. The maximum absolute atomic E-state index is 12.3. The van der Waals surface area contributed by atoms with Gasteiger partial charge in [0.05, 0.1) is 5.69 Å². The van der Waals surface area contributed by atoms with Crippen LogP contribution in [0.4, 0.5) is 16.2 Å². The van der Waals surface area contributed by atoms with Crippen molar-refractivity contribution in [2.45, 2.75) is 18.7 Å². The molecule has 0 aliphatic rings. The van der Waals surface area contributed by atoms with Gasteiger partial charge in [0.25, 0.3) is 10.0 Å². The van der Waals surface area contributed by atoms with Crippen LogP contribution in [-0.2, 0) is 10.0 Å². The minimum Gasteiger partial charge on any atom is -0.354 e. The number of carbonyl (C=O) groups is 1. The number of nitrogens with one attached hydrogen (secondary N) is 3. The van der Waals surface area contributed by atoms with E-state index in [1.807, 2.05) is 35.9 Å². The minimum absolute atomic E-state index is 0.104. The molecule has 0 aliphatic carbocycles. The van der Waals surface area contributed by atoms with Gasteiger partial charge in [0.1, 0.15) is 4.90 Å². The summed E-state index contributed by atoms with van der Waals surface area (Å²) < 4.78 is 26.6. The fourth-order valence-electron chi connectivity index (χ4n) is 1.95. The molecule has 2 amide bonds. The van der Waals surface area contributed by atoms with Crippen LogP contribution in [0.3, 0.4) is 0 Å². The van der Waals surface area contributed by atoms with Crippen LogP contribution in [0.5, 0.6) is 0 Å². The molecule has 2 aromatic rings. The normalized spacial score (nSPS) is 10.9. The molecule has 1 aromatic heterocycles. The molecule has 0 saturated heterocycles. The third-order valence-corrected chi connectivity index (χ3v) is 4.29. The van der Waals surface area contributed by atoms with Crippen molar-refractivity contribution < 1.29 is 13.2 Å². The number of amides is 2. The largest absolute Gasteiger partial charge is 0.354 e. The fourth-order valence-corrected chi connectivity index (χ4v) is 2.98. The summed E-state index contributed by atoms with van der Waals surface area (Å²) in [5.41, 5.74) is 2.11. The zero-order valence-electron chi connectivity index (χ0n) is 12.8. The molecule has 0 atom stereocenters. The number of hydrogen-bond donors (Lipinski definition) is 3. The number of aromatic nitrogens is 1. The number of pyridine rings is 1. The van der Waals surface area contributed by atoms with Gasteiger partial charge in [0.2, 0.25) is 0 Å².